The first-order chi connectivity index (χ1) is 12.7. The summed E-state index contributed by atoms with van der Waals surface area (Å²) < 4.78 is 0. The van der Waals surface area contributed by atoms with Gasteiger partial charge in [-0.15, -0.1) is 0 Å². The van der Waals surface area contributed by atoms with Gasteiger partial charge in [0.05, 0.1) is 13.2 Å². The average molecular weight is 378 g/mol. The van der Waals surface area contributed by atoms with E-state index in [-0.39, 0.29) is 26.9 Å². The fourth-order valence-corrected chi connectivity index (χ4v) is 8.40. The Bertz CT molecular complexity index is 514. The second-order valence-corrected chi connectivity index (χ2v) is 10.3. The van der Waals surface area contributed by atoms with Gasteiger partial charge in [0.25, 0.3) is 0 Å². The van der Waals surface area contributed by atoms with Crippen LogP contribution in [0.4, 0.5) is 0 Å². The summed E-state index contributed by atoms with van der Waals surface area (Å²) in [6.07, 6.45) is 14.0. The van der Waals surface area contributed by atoms with Crippen LogP contribution >= 0.6 is 7.92 Å². The number of carbonyl (C=O) groups is 1. The maximum Gasteiger partial charge on any atom is 0.160 e. The van der Waals surface area contributed by atoms with Crippen molar-refractivity contribution in [3.8, 4) is 0 Å². The monoisotopic (exact) mass is 378 g/mol. The zero-order chi connectivity index (χ0) is 18.8. The molecule has 0 radical (unpaired) electrons. The fraction of sp³-hybridized carbons (Fsp3) is 0.682. The van der Waals surface area contributed by atoms with Crippen LogP contribution in [-0.2, 0) is 0 Å². The highest BCUT2D eigenvalue weighted by Crippen LogP contribution is 2.55. The van der Waals surface area contributed by atoms with Gasteiger partial charge in [-0.2, -0.15) is 0 Å². The second-order valence-electron chi connectivity index (χ2n) is 7.51. The van der Waals surface area contributed by atoms with E-state index in [2.05, 4.69) is 18.2 Å². The predicted octanol–water partition coefficient (Wildman–Crippen LogP) is 4.63. The minimum atomic E-state index is -0.166. The quantitative estimate of drug-likeness (QED) is 0.580. The van der Waals surface area contributed by atoms with Crippen LogP contribution < -0.4 is 5.30 Å². The zero-order valence-corrected chi connectivity index (χ0v) is 17.1. The number of Topliss-reactive ketones (excluding diaryl/α,β-unsaturated/α-hetero) is 1. The van der Waals surface area contributed by atoms with Crippen molar-refractivity contribution in [2.24, 2.45) is 0 Å². The molecule has 2 N–H and O–H groups in total. The Morgan fingerprint density at radius 1 is 0.885 bits per heavy atom. The Kier molecular flexibility index (Phi) is 9.82. The number of hydrogen-bond donors (Lipinski definition) is 2. The van der Waals surface area contributed by atoms with Crippen LogP contribution in [0.25, 0.3) is 0 Å². The average Bonchev–Trinajstić information content (AvgIpc) is 2.70. The summed E-state index contributed by atoms with van der Waals surface area (Å²) in [5.41, 5.74) is 2.75. The van der Waals surface area contributed by atoms with Gasteiger partial charge in [-0.1, -0.05) is 70.7 Å². The Hall–Kier alpha value is -0.760. The molecule has 0 bridgehead atoms. The molecule has 3 nitrogen and oxygen atoms in total. The summed E-state index contributed by atoms with van der Waals surface area (Å²) >= 11 is 0. The Morgan fingerprint density at radius 3 is 1.77 bits per heavy atom. The van der Waals surface area contributed by atoms with Crippen molar-refractivity contribution in [1.82, 2.24) is 0 Å². The fourth-order valence-electron chi connectivity index (χ4n) is 4.41. The van der Waals surface area contributed by atoms with Gasteiger partial charge in [0, 0.05) is 5.56 Å². The number of carbonyl (C=O) groups excluding carboxylic acids is 1. The third-order valence-corrected chi connectivity index (χ3v) is 9.15. The molecule has 4 heteroatoms. The highest BCUT2D eigenvalue weighted by molar-refractivity contribution is 7.67. The van der Waals surface area contributed by atoms with Crippen LogP contribution in [0.1, 0.15) is 81.5 Å². The van der Waals surface area contributed by atoms with Crippen molar-refractivity contribution in [3.63, 3.8) is 0 Å². The van der Waals surface area contributed by atoms with E-state index >= 15 is 0 Å². The summed E-state index contributed by atoms with van der Waals surface area (Å²) in [6.45, 7) is 1.49. The number of aliphatic hydroxyl groups is 2. The summed E-state index contributed by atoms with van der Waals surface area (Å²) in [5, 5.41) is 16.7. The molecule has 1 aromatic rings. The lowest BCUT2D eigenvalue weighted by Gasteiger charge is -2.39. The van der Waals surface area contributed by atoms with E-state index in [1.165, 1.54) is 69.5 Å². The van der Waals surface area contributed by atoms with Crippen LogP contribution in [0.3, 0.4) is 0 Å². The summed E-state index contributed by atoms with van der Waals surface area (Å²) in [7, 11) is -0.166. The third-order valence-electron chi connectivity index (χ3n) is 5.60. The third kappa shape index (κ3) is 6.15. The molecule has 2 aliphatic carbocycles. The molecule has 0 aromatic heterocycles. The lowest BCUT2D eigenvalue weighted by atomic mass is 9.99. The number of benzene rings is 1. The topological polar surface area (TPSA) is 57.5 Å². The lowest BCUT2D eigenvalue weighted by Crippen LogP contribution is -2.28. The Labute approximate surface area is 160 Å². The number of ketones is 1. The largest absolute Gasteiger partial charge is 0.394 e. The summed E-state index contributed by atoms with van der Waals surface area (Å²) in [6, 6.07) is 8.54. The molecule has 0 atom stereocenters. The van der Waals surface area contributed by atoms with Crippen molar-refractivity contribution in [1.29, 1.82) is 0 Å². The van der Waals surface area contributed by atoms with Crippen molar-refractivity contribution >= 4 is 19.0 Å². The summed E-state index contributed by atoms with van der Waals surface area (Å²) in [4.78, 5) is 12.1. The molecule has 0 saturated heterocycles. The Morgan fingerprint density at radius 2 is 1.35 bits per heavy atom. The van der Waals surface area contributed by atoms with Gasteiger partial charge in [0.15, 0.2) is 5.78 Å². The molecule has 0 heterocycles. The van der Waals surface area contributed by atoms with E-state index in [9.17, 15) is 4.79 Å². The molecule has 0 spiro atoms. The first kappa shape index (κ1) is 21.5. The van der Waals surface area contributed by atoms with E-state index in [0.29, 0.717) is 0 Å². The normalized spacial score (nSPS) is 19.1. The maximum absolute atomic E-state index is 12.1. The molecule has 146 valence electrons. The molecular formula is C22H35O3P. The second kappa shape index (κ2) is 11.8. The smallest absolute Gasteiger partial charge is 0.160 e. The molecule has 2 aliphatic rings. The maximum atomic E-state index is 12.1. The van der Waals surface area contributed by atoms with Crippen molar-refractivity contribution in [2.75, 3.05) is 13.2 Å². The van der Waals surface area contributed by atoms with E-state index in [1.54, 1.807) is 6.92 Å². The highest BCUT2D eigenvalue weighted by atomic mass is 31.1. The van der Waals surface area contributed by atoms with Crippen molar-refractivity contribution < 1.29 is 15.0 Å². The number of rotatable bonds is 5. The van der Waals surface area contributed by atoms with Crippen LogP contribution in [0, 0.1) is 0 Å². The van der Waals surface area contributed by atoms with Gasteiger partial charge in [0.1, 0.15) is 0 Å². The minimum absolute atomic E-state index is 0.125. The van der Waals surface area contributed by atoms with Gasteiger partial charge in [-0.3, -0.25) is 4.79 Å². The SMILES string of the molecule is CC(=O)c1ccccc1P(C1CCCCC1)C1CCCCC1.OCCO. The molecule has 0 aliphatic heterocycles. The predicted molar refractivity (Wildman–Crippen MR) is 111 cm³/mol. The van der Waals surface area contributed by atoms with Gasteiger partial charge >= 0.3 is 0 Å². The zero-order valence-electron chi connectivity index (χ0n) is 16.2. The molecule has 26 heavy (non-hydrogen) atoms. The standard InChI is InChI=1S/C20H29OP.C2H6O2/c1-16(21)19-14-8-9-15-20(19)22(17-10-4-2-5-11-17)18-12-6-3-7-13-18;3-1-2-4/h8-9,14-15,17-18H,2-7,10-13H2,1H3;3-4H,1-2H2. The van der Waals surface area contributed by atoms with E-state index in [1.807, 2.05) is 6.07 Å². The van der Waals surface area contributed by atoms with Crippen LogP contribution in [0.15, 0.2) is 24.3 Å². The Balaban J connectivity index is 0.000000552. The molecule has 2 saturated carbocycles. The molecule has 0 unspecified atom stereocenters. The van der Waals surface area contributed by atoms with Gasteiger partial charge < -0.3 is 10.2 Å². The van der Waals surface area contributed by atoms with E-state index in [4.69, 9.17) is 10.2 Å². The van der Waals surface area contributed by atoms with E-state index < -0.39 is 0 Å². The lowest BCUT2D eigenvalue weighted by molar-refractivity contribution is 0.101. The molecular weight excluding hydrogens is 343 g/mol. The van der Waals surface area contributed by atoms with Gasteiger partial charge in [0.2, 0.25) is 0 Å². The van der Waals surface area contributed by atoms with Gasteiger partial charge in [-0.25, -0.2) is 0 Å². The summed E-state index contributed by atoms with van der Waals surface area (Å²) in [5.74, 6) is 0.259. The number of aliphatic hydroxyl groups excluding tert-OH is 2. The van der Waals surface area contributed by atoms with Crippen LogP contribution in [0.2, 0.25) is 0 Å². The number of hydrogen-bond acceptors (Lipinski definition) is 3. The molecule has 2 fully saturated rings. The molecule has 3 rings (SSSR count). The molecule has 1 aromatic carbocycles. The highest BCUT2D eigenvalue weighted by Gasteiger charge is 2.33. The molecule has 0 amide bonds. The van der Waals surface area contributed by atoms with Crippen LogP contribution in [-0.4, -0.2) is 40.5 Å². The van der Waals surface area contributed by atoms with E-state index in [0.717, 1.165) is 16.9 Å². The van der Waals surface area contributed by atoms with Crippen LogP contribution in [0.5, 0.6) is 0 Å². The van der Waals surface area contributed by atoms with Gasteiger partial charge in [-0.05, 0) is 49.2 Å². The van der Waals surface area contributed by atoms with Crippen molar-refractivity contribution in [3.05, 3.63) is 29.8 Å². The minimum Gasteiger partial charge on any atom is -0.394 e. The van der Waals surface area contributed by atoms with Crippen molar-refractivity contribution in [2.45, 2.75) is 82.4 Å². The first-order valence-corrected chi connectivity index (χ1v) is 11.8. The first-order valence-electron chi connectivity index (χ1n) is 10.3.